The molecule has 0 saturated carbocycles. The van der Waals surface area contributed by atoms with Gasteiger partial charge < -0.3 is 5.32 Å². The van der Waals surface area contributed by atoms with Crippen LogP contribution in [0.15, 0.2) is 88.3 Å². The van der Waals surface area contributed by atoms with Gasteiger partial charge >= 0.3 is 0 Å². The largest absolute Gasteiger partial charge is 0.350 e. The lowest BCUT2D eigenvalue weighted by Gasteiger charge is -2.15. The number of halogens is 2. The number of nitrogens with zero attached hydrogens (tertiary/aromatic N) is 1. The summed E-state index contributed by atoms with van der Waals surface area (Å²) in [5.74, 6) is -0.438. The summed E-state index contributed by atoms with van der Waals surface area (Å²) in [6, 6.07) is 21.7. The van der Waals surface area contributed by atoms with E-state index < -0.39 is 11.8 Å². The van der Waals surface area contributed by atoms with E-state index in [0.29, 0.717) is 26.6 Å². The topological polar surface area (TPSA) is 49.4 Å². The zero-order valence-corrected chi connectivity index (χ0v) is 19.8. The Morgan fingerprint density at radius 2 is 1.53 bits per heavy atom. The number of rotatable bonds is 6. The van der Waals surface area contributed by atoms with Crippen LogP contribution in [0.5, 0.6) is 0 Å². The van der Waals surface area contributed by atoms with Crippen molar-refractivity contribution in [3.63, 3.8) is 0 Å². The van der Waals surface area contributed by atoms with Crippen molar-refractivity contribution < 1.29 is 9.59 Å². The highest BCUT2D eigenvalue weighted by atomic mass is 35.5. The first-order chi connectivity index (χ1) is 15.3. The van der Waals surface area contributed by atoms with Crippen molar-refractivity contribution in [3.8, 4) is 0 Å². The van der Waals surface area contributed by atoms with Gasteiger partial charge in [-0.3, -0.25) is 9.59 Å². The van der Waals surface area contributed by atoms with Crippen LogP contribution in [-0.4, -0.2) is 11.8 Å². The molecule has 162 valence electrons. The maximum Gasteiger partial charge on any atom is 0.283 e. The third-order valence-electron chi connectivity index (χ3n) is 4.99. The molecule has 0 fully saturated rings. The average Bonchev–Trinajstić information content (AvgIpc) is 2.99. The molecule has 0 spiro atoms. The van der Waals surface area contributed by atoms with Gasteiger partial charge in [0.15, 0.2) is 0 Å². The van der Waals surface area contributed by atoms with Crippen molar-refractivity contribution in [1.29, 1.82) is 0 Å². The first-order valence-corrected chi connectivity index (χ1v) is 11.6. The van der Waals surface area contributed by atoms with E-state index in [1.54, 1.807) is 36.4 Å². The lowest BCUT2D eigenvalue weighted by atomic mass is 10.0. The Labute approximate surface area is 201 Å². The molecule has 0 radical (unpaired) electrons. The molecular weight excluding hydrogens is 463 g/mol. The molecule has 32 heavy (non-hydrogen) atoms. The Bertz CT molecular complexity index is 1210. The highest BCUT2D eigenvalue weighted by Crippen LogP contribution is 2.38. The maximum atomic E-state index is 13.4. The van der Waals surface area contributed by atoms with Crippen molar-refractivity contribution in [1.82, 2.24) is 0 Å². The van der Waals surface area contributed by atoms with Gasteiger partial charge in [-0.15, -0.1) is 0 Å². The van der Waals surface area contributed by atoms with E-state index in [2.05, 4.69) is 19.2 Å². The third kappa shape index (κ3) is 4.70. The van der Waals surface area contributed by atoms with Crippen molar-refractivity contribution in [3.05, 3.63) is 99.0 Å². The molecule has 1 aliphatic rings. The molecule has 4 nitrogen and oxygen atoms in total. The molecule has 0 aliphatic carbocycles. The molecule has 0 bridgehead atoms. The molecule has 3 aromatic rings. The maximum absolute atomic E-state index is 13.4. The van der Waals surface area contributed by atoms with Crippen LogP contribution in [-0.2, 0) is 9.59 Å². The lowest BCUT2D eigenvalue weighted by Crippen LogP contribution is -2.32. The SMILES string of the molecule is CC(C)c1ccc(NC2=C(Sc3ccc(Cl)cc3)C(=O)N(c3cccc(Cl)c3)C2=O)cc1. The number of imide groups is 1. The highest BCUT2D eigenvalue weighted by Gasteiger charge is 2.40. The van der Waals surface area contributed by atoms with Crippen LogP contribution in [0.3, 0.4) is 0 Å². The number of anilines is 2. The van der Waals surface area contributed by atoms with E-state index >= 15 is 0 Å². The van der Waals surface area contributed by atoms with Gasteiger partial charge in [-0.05, 0) is 66.1 Å². The fourth-order valence-electron chi connectivity index (χ4n) is 3.28. The zero-order chi connectivity index (χ0) is 22.8. The van der Waals surface area contributed by atoms with Crippen LogP contribution in [0.25, 0.3) is 0 Å². The van der Waals surface area contributed by atoms with Gasteiger partial charge in [0.1, 0.15) is 10.6 Å². The molecule has 1 N–H and O–H groups in total. The first-order valence-electron chi connectivity index (χ1n) is 10.0. The van der Waals surface area contributed by atoms with Gasteiger partial charge in [-0.2, -0.15) is 0 Å². The molecule has 1 heterocycles. The number of hydrogen-bond donors (Lipinski definition) is 1. The third-order valence-corrected chi connectivity index (χ3v) is 6.57. The molecule has 3 aromatic carbocycles. The summed E-state index contributed by atoms with van der Waals surface area (Å²) in [5.41, 5.74) is 2.57. The van der Waals surface area contributed by atoms with Crippen molar-refractivity contribution in [2.45, 2.75) is 24.7 Å². The monoisotopic (exact) mass is 482 g/mol. The van der Waals surface area contributed by atoms with E-state index in [4.69, 9.17) is 23.2 Å². The second-order valence-electron chi connectivity index (χ2n) is 7.59. The van der Waals surface area contributed by atoms with E-state index in [-0.39, 0.29) is 5.70 Å². The molecule has 2 amide bonds. The van der Waals surface area contributed by atoms with Gasteiger partial charge in [0.05, 0.1) is 5.69 Å². The van der Waals surface area contributed by atoms with Gasteiger partial charge in [0.25, 0.3) is 11.8 Å². The minimum atomic E-state index is -0.429. The summed E-state index contributed by atoms with van der Waals surface area (Å²) in [6.45, 7) is 4.24. The van der Waals surface area contributed by atoms with E-state index in [1.165, 1.54) is 17.3 Å². The van der Waals surface area contributed by atoms with E-state index in [9.17, 15) is 9.59 Å². The normalized spacial score (nSPS) is 14.0. The van der Waals surface area contributed by atoms with Crippen LogP contribution >= 0.6 is 35.0 Å². The highest BCUT2D eigenvalue weighted by molar-refractivity contribution is 8.04. The Morgan fingerprint density at radius 3 is 2.16 bits per heavy atom. The molecule has 7 heteroatoms. The summed E-state index contributed by atoms with van der Waals surface area (Å²) in [5, 5.41) is 4.21. The molecule has 4 rings (SSSR count). The van der Waals surface area contributed by atoms with Crippen molar-refractivity contribution >= 4 is 58.2 Å². The first kappa shape index (κ1) is 22.5. The van der Waals surface area contributed by atoms with Gasteiger partial charge in [-0.25, -0.2) is 4.90 Å². The number of thioether (sulfide) groups is 1. The molecular formula is C25H20Cl2N2O2S. The minimum absolute atomic E-state index is 0.229. The van der Waals surface area contributed by atoms with Crippen LogP contribution in [0.2, 0.25) is 10.0 Å². The molecule has 1 aliphatic heterocycles. The summed E-state index contributed by atoms with van der Waals surface area (Å²) in [4.78, 5) is 29.0. The number of amides is 2. The summed E-state index contributed by atoms with van der Waals surface area (Å²) < 4.78 is 0. The fourth-order valence-corrected chi connectivity index (χ4v) is 4.52. The predicted octanol–water partition coefficient (Wildman–Crippen LogP) is 7.11. The Morgan fingerprint density at radius 1 is 0.844 bits per heavy atom. The Kier molecular flexibility index (Phi) is 6.60. The van der Waals surface area contributed by atoms with Gasteiger partial charge in [-0.1, -0.05) is 67.0 Å². The standard InChI is InChI=1S/C25H20Cl2N2O2S/c1-15(2)16-6-10-19(11-7-16)28-22-23(32-21-12-8-17(26)9-13-21)25(31)29(24(22)30)20-5-3-4-18(27)14-20/h3-15,28H,1-2H3. The van der Waals surface area contributed by atoms with Crippen molar-refractivity contribution in [2.24, 2.45) is 0 Å². The minimum Gasteiger partial charge on any atom is -0.350 e. The summed E-state index contributed by atoms with van der Waals surface area (Å²) in [6.07, 6.45) is 0. The number of carbonyl (C=O) groups excluding carboxylic acids is 2. The smallest absolute Gasteiger partial charge is 0.283 e. The molecule has 0 saturated heterocycles. The molecule has 0 aromatic heterocycles. The summed E-state index contributed by atoms with van der Waals surface area (Å²) >= 11 is 13.3. The second-order valence-corrected chi connectivity index (χ2v) is 9.54. The Hall–Kier alpha value is -2.73. The second kappa shape index (κ2) is 9.41. The van der Waals surface area contributed by atoms with E-state index in [1.807, 2.05) is 36.4 Å². The number of carbonyl (C=O) groups is 2. The van der Waals surface area contributed by atoms with E-state index in [0.717, 1.165) is 15.5 Å². The number of hydrogen-bond acceptors (Lipinski definition) is 4. The van der Waals surface area contributed by atoms with Crippen LogP contribution < -0.4 is 10.2 Å². The fraction of sp³-hybridized carbons (Fsp3) is 0.120. The van der Waals surface area contributed by atoms with Crippen LogP contribution in [0.4, 0.5) is 11.4 Å². The Balaban J connectivity index is 1.72. The van der Waals surface area contributed by atoms with Gasteiger partial charge in [0.2, 0.25) is 0 Å². The van der Waals surface area contributed by atoms with Crippen LogP contribution in [0, 0.1) is 0 Å². The zero-order valence-electron chi connectivity index (χ0n) is 17.4. The summed E-state index contributed by atoms with van der Waals surface area (Å²) in [7, 11) is 0. The molecule has 0 unspecified atom stereocenters. The number of benzene rings is 3. The molecule has 0 atom stereocenters. The van der Waals surface area contributed by atoms with Crippen molar-refractivity contribution in [2.75, 3.05) is 10.2 Å². The number of nitrogens with one attached hydrogen (secondary N) is 1. The van der Waals surface area contributed by atoms with Crippen LogP contribution in [0.1, 0.15) is 25.3 Å². The average molecular weight is 483 g/mol. The quantitative estimate of drug-likeness (QED) is 0.380. The van der Waals surface area contributed by atoms with Gasteiger partial charge in [0, 0.05) is 20.6 Å². The predicted molar refractivity (Wildman–Crippen MR) is 132 cm³/mol. The lowest BCUT2D eigenvalue weighted by molar-refractivity contribution is -0.120.